The summed E-state index contributed by atoms with van der Waals surface area (Å²) in [5.41, 5.74) is 16.9. The highest BCUT2D eigenvalue weighted by atomic mass is 14.6. The first-order chi connectivity index (χ1) is 13.8. The highest BCUT2D eigenvalue weighted by Gasteiger charge is 2.23. The summed E-state index contributed by atoms with van der Waals surface area (Å²) in [6, 6.07) is 34.6. The Morgan fingerprint density at radius 2 is 1.25 bits per heavy atom. The Morgan fingerprint density at radius 3 is 1.93 bits per heavy atom. The van der Waals surface area contributed by atoms with Gasteiger partial charge in [0, 0.05) is 18.0 Å². The lowest BCUT2D eigenvalue weighted by molar-refractivity contribution is 0.806. The summed E-state index contributed by atoms with van der Waals surface area (Å²) < 4.78 is 0. The third kappa shape index (κ3) is 2.90. The molecule has 0 saturated heterocycles. The molecule has 1 aliphatic carbocycles. The van der Waals surface area contributed by atoms with Gasteiger partial charge >= 0.3 is 0 Å². The fourth-order valence-corrected chi connectivity index (χ4v) is 4.48. The zero-order valence-corrected chi connectivity index (χ0v) is 15.8. The Hall–Kier alpha value is -3.32. The van der Waals surface area contributed by atoms with E-state index in [1.54, 1.807) is 0 Å². The van der Waals surface area contributed by atoms with Gasteiger partial charge in [0.25, 0.3) is 0 Å². The van der Waals surface area contributed by atoms with Crippen molar-refractivity contribution >= 4 is 5.69 Å². The fourth-order valence-electron chi connectivity index (χ4n) is 4.48. The minimum atomic E-state index is 0.298. The molecule has 0 atom stereocenters. The van der Waals surface area contributed by atoms with Crippen LogP contribution in [0.4, 0.5) is 5.69 Å². The van der Waals surface area contributed by atoms with Gasteiger partial charge in [-0.2, -0.15) is 0 Å². The van der Waals surface area contributed by atoms with Crippen molar-refractivity contribution in [3.05, 3.63) is 125 Å². The van der Waals surface area contributed by atoms with Crippen LogP contribution < -0.4 is 5.73 Å². The number of fused-ring (bicyclic) bond motifs is 3. The van der Waals surface area contributed by atoms with E-state index in [2.05, 4.69) is 97.1 Å². The number of rotatable bonds is 4. The van der Waals surface area contributed by atoms with Crippen molar-refractivity contribution in [2.24, 2.45) is 0 Å². The van der Waals surface area contributed by atoms with Crippen molar-refractivity contribution in [2.45, 2.75) is 18.8 Å². The van der Waals surface area contributed by atoms with Crippen LogP contribution in [0.25, 0.3) is 11.1 Å². The van der Waals surface area contributed by atoms with E-state index in [0.717, 1.165) is 18.5 Å². The molecule has 136 valence electrons. The molecular weight excluding hydrogens is 338 g/mol. The van der Waals surface area contributed by atoms with E-state index in [1.165, 1.54) is 38.9 Å². The Morgan fingerprint density at radius 1 is 0.643 bits per heavy atom. The summed E-state index contributed by atoms with van der Waals surface area (Å²) >= 11 is 0. The van der Waals surface area contributed by atoms with E-state index in [9.17, 15) is 0 Å². The van der Waals surface area contributed by atoms with Crippen LogP contribution in [0.5, 0.6) is 0 Å². The van der Waals surface area contributed by atoms with E-state index in [1.807, 2.05) is 0 Å². The summed E-state index contributed by atoms with van der Waals surface area (Å²) in [4.78, 5) is 0. The molecule has 0 unspecified atom stereocenters. The molecule has 0 radical (unpaired) electrons. The Bertz CT molecular complexity index is 1070. The Kier molecular flexibility index (Phi) is 4.21. The van der Waals surface area contributed by atoms with Crippen LogP contribution in [0, 0.1) is 0 Å². The van der Waals surface area contributed by atoms with Gasteiger partial charge in [-0.05, 0) is 45.4 Å². The SMILES string of the molecule is Nc1c(CC(c2ccccc2)c2ccccc2)ccc2c1Cc1ccccc1-2. The zero-order chi connectivity index (χ0) is 18.9. The summed E-state index contributed by atoms with van der Waals surface area (Å²) in [6.07, 6.45) is 1.84. The van der Waals surface area contributed by atoms with Crippen molar-refractivity contribution in [1.29, 1.82) is 0 Å². The second-order valence-electron chi connectivity index (χ2n) is 7.58. The molecular formula is C27H23N. The third-order valence-corrected chi connectivity index (χ3v) is 5.95. The van der Waals surface area contributed by atoms with E-state index < -0.39 is 0 Å². The number of hydrogen-bond acceptors (Lipinski definition) is 1. The first-order valence-corrected chi connectivity index (χ1v) is 9.89. The normalized spacial score (nSPS) is 12.0. The highest BCUT2D eigenvalue weighted by molar-refractivity contribution is 5.82. The number of anilines is 1. The van der Waals surface area contributed by atoms with Crippen molar-refractivity contribution in [1.82, 2.24) is 0 Å². The molecule has 0 bridgehead atoms. The van der Waals surface area contributed by atoms with Crippen molar-refractivity contribution in [2.75, 3.05) is 5.73 Å². The van der Waals surface area contributed by atoms with Gasteiger partial charge < -0.3 is 5.73 Å². The largest absolute Gasteiger partial charge is 0.398 e. The van der Waals surface area contributed by atoms with Crippen LogP contribution in [0.2, 0.25) is 0 Å². The molecule has 0 aliphatic heterocycles. The highest BCUT2D eigenvalue weighted by Crippen LogP contribution is 2.41. The van der Waals surface area contributed by atoms with Gasteiger partial charge in [-0.3, -0.25) is 0 Å². The van der Waals surface area contributed by atoms with Crippen molar-refractivity contribution in [3.63, 3.8) is 0 Å². The fraction of sp³-hybridized carbons (Fsp3) is 0.111. The van der Waals surface area contributed by atoms with Gasteiger partial charge in [0.2, 0.25) is 0 Å². The average molecular weight is 361 g/mol. The van der Waals surface area contributed by atoms with Gasteiger partial charge in [0.05, 0.1) is 0 Å². The predicted octanol–water partition coefficient (Wildman–Crippen LogP) is 6.21. The maximum atomic E-state index is 6.72. The molecule has 5 rings (SSSR count). The topological polar surface area (TPSA) is 26.0 Å². The molecule has 4 aromatic carbocycles. The second-order valence-corrected chi connectivity index (χ2v) is 7.58. The quantitative estimate of drug-likeness (QED) is 0.378. The average Bonchev–Trinajstić information content (AvgIpc) is 3.14. The first-order valence-electron chi connectivity index (χ1n) is 9.89. The lowest BCUT2D eigenvalue weighted by Gasteiger charge is -2.20. The summed E-state index contributed by atoms with van der Waals surface area (Å²) in [5, 5.41) is 0. The minimum absolute atomic E-state index is 0.298. The molecule has 1 heteroatoms. The number of nitrogen functional groups attached to an aromatic ring is 1. The Labute approximate surface area is 166 Å². The van der Waals surface area contributed by atoms with Crippen LogP contribution >= 0.6 is 0 Å². The number of benzene rings is 4. The molecule has 0 spiro atoms. The zero-order valence-electron chi connectivity index (χ0n) is 15.8. The molecule has 0 aromatic heterocycles. The van der Waals surface area contributed by atoms with Crippen LogP contribution in [-0.2, 0) is 12.8 Å². The van der Waals surface area contributed by atoms with E-state index in [0.29, 0.717) is 5.92 Å². The van der Waals surface area contributed by atoms with Gasteiger partial charge in [-0.1, -0.05) is 97.1 Å². The third-order valence-electron chi connectivity index (χ3n) is 5.95. The molecule has 1 nitrogen and oxygen atoms in total. The number of nitrogens with two attached hydrogens (primary N) is 1. The summed E-state index contributed by atoms with van der Waals surface area (Å²) in [5.74, 6) is 0.298. The Balaban J connectivity index is 1.55. The van der Waals surface area contributed by atoms with Gasteiger partial charge in [-0.25, -0.2) is 0 Å². The van der Waals surface area contributed by atoms with Gasteiger partial charge in [0.15, 0.2) is 0 Å². The molecule has 1 aliphatic rings. The van der Waals surface area contributed by atoms with Crippen LogP contribution in [-0.4, -0.2) is 0 Å². The molecule has 0 saturated carbocycles. The lowest BCUT2D eigenvalue weighted by atomic mass is 9.84. The first kappa shape index (κ1) is 16.8. The van der Waals surface area contributed by atoms with E-state index in [-0.39, 0.29) is 0 Å². The molecule has 28 heavy (non-hydrogen) atoms. The van der Waals surface area contributed by atoms with Crippen LogP contribution in [0.3, 0.4) is 0 Å². The molecule has 4 aromatic rings. The maximum absolute atomic E-state index is 6.72. The van der Waals surface area contributed by atoms with E-state index >= 15 is 0 Å². The smallest absolute Gasteiger partial charge is 0.0389 e. The van der Waals surface area contributed by atoms with Gasteiger partial charge in [-0.15, -0.1) is 0 Å². The monoisotopic (exact) mass is 361 g/mol. The van der Waals surface area contributed by atoms with Crippen molar-refractivity contribution in [3.8, 4) is 11.1 Å². The molecule has 2 N–H and O–H groups in total. The molecule has 0 fully saturated rings. The summed E-state index contributed by atoms with van der Waals surface area (Å²) in [7, 11) is 0. The second kappa shape index (κ2) is 7.01. The molecule has 0 heterocycles. The minimum Gasteiger partial charge on any atom is -0.398 e. The predicted molar refractivity (Wildman–Crippen MR) is 118 cm³/mol. The van der Waals surface area contributed by atoms with Crippen LogP contribution in [0.15, 0.2) is 97.1 Å². The standard InChI is InChI=1S/C27H23N/c28-27-22(15-16-24-23-14-8-7-13-21(23)17-26(24)27)18-25(19-9-3-1-4-10-19)20-11-5-2-6-12-20/h1-16,25H,17-18,28H2. The summed E-state index contributed by atoms with van der Waals surface area (Å²) in [6.45, 7) is 0. The maximum Gasteiger partial charge on any atom is 0.0389 e. The number of hydrogen-bond donors (Lipinski definition) is 1. The lowest BCUT2D eigenvalue weighted by Crippen LogP contribution is -2.08. The molecule has 0 amide bonds. The van der Waals surface area contributed by atoms with E-state index in [4.69, 9.17) is 5.73 Å². The van der Waals surface area contributed by atoms with Crippen molar-refractivity contribution < 1.29 is 0 Å². The van der Waals surface area contributed by atoms with Crippen LogP contribution in [0.1, 0.15) is 33.7 Å². The van der Waals surface area contributed by atoms with Gasteiger partial charge in [0.1, 0.15) is 0 Å².